The van der Waals surface area contributed by atoms with E-state index >= 15 is 0 Å². The largest absolute Gasteiger partial charge is 0.384 e. The Balaban J connectivity index is 2.21. The van der Waals surface area contributed by atoms with Gasteiger partial charge in [0.1, 0.15) is 0 Å². The fourth-order valence-electron chi connectivity index (χ4n) is 2.82. The van der Waals surface area contributed by atoms with Crippen LogP contribution in [0.2, 0.25) is 0 Å². The Morgan fingerprint density at radius 3 is 2.36 bits per heavy atom. The number of rotatable bonds is 7. The molecule has 1 rings (SSSR count). The van der Waals surface area contributed by atoms with Crippen molar-refractivity contribution < 1.29 is 4.74 Å². The summed E-state index contributed by atoms with van der Waals surface area (Å²) >= 11 is 0. The van der Waals surface area contributed by atoms with Gasteiger partial charge in [0.15, 0.2) is 0 Å². The number of unbranched alkanes of at least 4 members (excludes halogenated alkanes) is 3. The van der Waals surface area contributed by atoms with Gasteiger partial charge in [-0.1, -0.05) is 45.4 Å². The van der Waals surface area contributed by atoms with E-state index in [-0.39, 0.29) is 0 Å². The Kier molecular flexibility index (Phi) is 5.54. The standard InChI is InChI=1S/C13H26O/c1-3-4-5-6-9-13(12-14-2)10-7-8-11-13/h3-12H2,1-2H3. The van der Waals surface area contributed by atoms with Crippen molar-refractivity contribution in [2.75, 3.05) is 13.7 Å². The molecule has 14 heavy (non-hydrogen) atoms. The van der Waals surface area contributed by atoms with Crippen LogP contribution in [0, 0.1) is 5.41 Å². The minimum absolute atomic E-state index is 0.572. The summed E-state index contributed by atoms with van der Waals surface area (Å²) in [5.74, 6) is 0. The molecule has 0 spiro atoms. The molecule has 1 saturated carbocycles. The van der Waals surface area contributed by atoms with Crippen molar-refractivity contribution in [3.05, 3.63) is 0 Å². The quantitative estimate of drug-likeness (QED) is 0.558. The topological polar surface area (TPSA) is 9.23 Å². The fraction of sp³-hybridized carbons (Fsp3) is 1.00. The summed E-state index contributed by atoms with van der Waals surface area (Å²) in [4.78, 5) is 0. The van der Waals surface area contributed by atoms with E-state index in [4.69, 9.17) is 4.74 Å². The lowest BCUT2D eigenvalue weighted by Crippen LogP contribution is -2.22. The van der Waals surface area contributed by atoms with Crippen LogP contribution in [0.3, 0.4) is 0 Å². The van der Waals surface area contributed by atoms with Gasteiger partial charge in [-0.3, -0.25) is 0 Å². The minimum atomic E-state index is 0.572. The van der Waals surface area contributed by atoms with Crippen LogP contribution in [-0.4, -0.2) is 13.7 Å². The molecule has 0 aliphatic heterocycles. The molecule has 0 unspecified atom stereocenters. The summed E-state index contributed by atoms with van der Waals surface area (Å²) in [6.07, 6.45) is 12.7. The van der Waals surface area contributed by atoms with Crippen LogP contribution >= 0.6 is 0 Å². The molecule has 1 heteroatoms. The molecule has 0 N–H and O–H groups in total. The van der Waals surface area contributed by atoms with Crippen LogP contribution in [0.1, 0.15) is 64.7 Å². The normalized spacial score (nSPS) is 20.1. The van der Waals surface area contributed by atoms with Crippen molar-refractivity contribution >= 4 is 0 Å². The van der Waals surface area contributed by atoms with E-state index in [0.29, 0.717) is 5.41 Å². The van der Waals surface area contributed by atoms with Crippen LogP contribution in [0.4, 0.5) is 0 Å². The van der Waals surface area contributed by atoms with Gasteiger partial charge in [-0.2, -0.15) is 0 Å². The second kappa shape index (κ2) is 6.44. The molecule has 1 nitrogen and oxygen atoms in total. The molecule has 0 bridgehead atoms. The summed E-state index contributed by atoms with van der Waals surface area (Å²) in [6.45, 7) is 3.28. The van der Waals surface area contributed by atoms with Crippen LogP contribution in [0.5, 0.6) is 0 Å². The second-order valence-corrected chi connectivity index (χ2v) is 4.95. The van der Waals surface area contributed by atoms with Crippen molar-refractivity contribution in [2.24, 2.45) is 5.41 Å². The molecule has 1 fully saturated rings. The van der Waals surface area contributed by atoms with E-state index in [1.165, 1.54) is 57.8 Å². The summed E-state index contributed by atoms with van der Waals surface area (Å²) in [6, 6.07) is 0. The second-order valence-electron chi connectivity index (χ2n) is 4.95. The molecule has 0 heterocycles. The monoisotopic (exact) mass is 198 g/mol. The first-order chi connectivity index (χ1) is 6.83. The predicted molar refractivity (Wildman–Crippen MR) is 61.5 cm³/mol. The fourth-order valence-corrected chi connectivity index (χ4v) is 2.82. The van der Waals surface area contributed by atoms with Crippen LogP contribution < -0.4 is 0 Å². The number of hydrogen-bond acceptors (Lipinski definition) is 1. The molecular weight excluding hydrogens is 172 g/mol. The van der Waals surface area contributed by atoms with Crippen LogP contribution in [-0.2, 0) is 4.74 Å². The first kappa shape index (κ1) is 12.0. The third-order valence-corrected chi connectivity index (χ3v) is 3.68. The van der Waals surface area contributed by atoms with Gasteiger partial charge >= 0.3 is 0 Å². The Labute approximate surface area is 89.2 Å². The molecule has 0 atom stereocenters. The Morgan fingerprint density at radius 1 is 1.07 bits per heavy atom. The van der Waals surface area contributed by atoms with Gasteiger partial charge in [-0.15, -0.1) is 0 Å². The van der Waals surface area contributed by atoms with Gasteiger partial charge in [0.2, 0.25) is 0 Å². The lowest BCUT2D eigenvalue weighted by atomic mass is 9.82. The highest BCUT2D eigenvalue weighted by Crippen LogP contribution is 2.42. The van der Waals surface area contributed by atoms with Crippen molar-refractivity contribution in [3.63, 3.8) is 0 Å². The van der Waals surface area contributed by atoms with Crippen molar-refractivity contribution in [1.82, 2.24) is 0 Å². The highest BCUT2D eigenvalue weighted by Gasteiger charge is 2.32. The molecule has 0 aromatic heterocycles. The maximum atomic E-state index is 5.39. The van der Waals surface area contributed by atoms with Gasteiger partial charge in [-0.05, 0) is 24.7 Å². The smallest absolute Gasteiger partial charge is 0.0518 e. The van der Waals surface area contributed by atoms with Gasteiger partial charge < -0.3 is 4.74 Å². The zero-order valence-electron chi connectivity index (χ0n) is 9.98. The highest BCUT2D eigenvalue weighted by atomic mass is 16.5. The highest BCUT2D eigenvalue weighted by molar-refractivity contribution is 4.84. The third kappa shape index (κ3) is 3.61. The van der Waals surface area contributed by atoms with Crippen LogP contribution in [0.15, 0.2) is 0 Å². The Hall–Kier alpha value is -0.0400. The first-order valence-corrected chi connectivity index (χ1v) is 6.32. The van der Waals surface area contributed by atoms with Gasteiger partial charge in [0.05, 0.1) is 6.61 Å². The molecule has 1 aliphatic carbocycles. The number of hydrogen-bond donors (Lipinski definition) is 0. The molecule has 0 radical (unpaired) electrons. The molecule has 0 amide bonds. The van der Waals surface area contributed by atoms with E-state index in [9.17, 15) is 0 Å². The SMILES string of the molecule is CCCCCCC1(COC)CCCC1. The average Bonchev–Trinajstić information content (AvgIpc) is 2.63. The van der Waals surface area contributed by atoms with E-state index in [0.717, 1.165) is 6.61 Å². The zero-order chi connectivity index (χ0) is 10.3. The molecule has 84 valence electrons. The van der Waals surface area contributed by atoms with Gasteiger partial charge in [-0.25, -0.2) is 0 Å². The Bertz CT molecular complexity index is 136. The summed E-state index contributed by atoms with van der Waals surface area (Å²) in [5, 5.41) is 0. The van der Waals surface area contributed by atoms with Gasteiger partial charge in [0, 0.05) is 7.11 Å². The predicted octanol–water partition coefficient (Wildman–Crippen LogP) is 4.16. The molecule has 0 aromatic rings. The molecule has 1 aliphatic rings. The first-order valence-electron chi connectivity index (χ1n) is 6.32. The maximum absolute atomic E-state index is 5.39. The third-order valence-electron chi connectivity index (χ3n) is 3.68. The maximum Gasteiger partial charge on any atom is 0.0518 e. The Morgan fingerprint density at radius 2 is 1.79 bits per heavy atom. The van der Waals surface area contributed by atoms with Gasteiger partial charge in [0.25, 0.3) is 0 Å². The van der Waals surface area contributed by atoms with Crippen molar-refractivity contribution in [1.29, 1.82) is 0 Å². The van der Waals surface area contributed by atoms with Crippen molar-refractivity contribution in [3.8, 4) is 0 Å². The summed E-state index contributed by atoms with van der Waals surface area (Å²) in [5.41, 5.74) is 0.572. The zero-order valence-corrected chi connectivity index (χ0v) is 9.98. The lowest BCUT2D eigenvalue weighted by molar-refractivity contribution is 0.0745. The lowest BCUT2D eigenvalue weighted by Gasteiger charge is -2.28. The van der Waals surface area contributed by atoms with E-state index in [1.807, 2.05) is 7.11 Å². The number of ether oxygens (including phenoxy) is 1. The summed E-state index contributed by atoms with van der Waals surface area (Å²) in [7, 11) is 1.85. The van der Waals surface area contributed by atoms with E-state index < -0.39 is 0 Å². The van der Waals surface area contributed by atoms with E-state index in [2.05, 4.69) is 6.92 Å². The summed E-state index contributed by atoms with van der Waals surface area (Å²) < 4.78 is 5.39. The number of methoxy groups -OCH3 is 1. The minimum Gasteiger partial charge on any atom is -0.384 e. The van der Waals surface area contributed by atoms with E-state index in [1.54, 1.807) is 0 Å². The molecule has 0 aromatic carbocycles. The average molecular weight is 198 g/mol. The molecular formula is C13H26O. The van der Waals surface area contributed by atoms with Crippen LogP contribution in [0.25, 0.3) is 0 Å². The van der Waals surface area contributed by atoms with Crippen molar-refractivity contribution in [2.45, 2.75) is 64.7 Å². The molecule has 0 saturated heterocycles.